The summed E-state index contributed by atoms with van der Waals surface area (Å²) in [5, 5.41) is 7.29. The van der Waals surface area contributed by atoms with Crippen LogP contribution in [0.1, 0.15) is 24.0 Å². The molecule has 0 radical (unpaired) electrons. The molecule has 2 aromatic rings. The van der Waals surface area contributed by atoms with Crippen LogP contribution in [0.25, 0.3) is 0 Å². The fraction of sp³-hybridized carbons (Fsp3) is 0.455. The topological polar surface area (TPSA) is 42.5 Å². The van der Waals surface area contributed by atoms with Crippen LogP contribution in [0.4, 0.5) is 0 Å². The van der Waals surface area contributed by atoms with E-state index in [9.17, 15) is 0 Å². The molecule has 0 spiro atoms. The van der Waals surface area contributed by atoms with Crippen LogP contribution in [-0.2, 0) is 22.7 Å². The maximum atomic E-state index is 6.27. The average molecular weight is 352 g/mol. The molecule has 2 aromatic carbocycles. The third-order valence-electron chi connectivity index (χ3n) is 5.42. The Kier molecular flexibility index (Phi) is 5.97. The molecule has 26 heavy (non-hydrogen) atoms. The van der Waals surface area contributed by atoms with E-state index in [1.165, 1.54) is 11.1 Å². The fourth-order valence-corrected chi connectivity index (χ4v) is 4.05. The Bertz CT molecular complexity index is 605. The van der Waals surface area contributed by atoms with Gasteiger partial charge in [-0.25, -0.2) is 0 Å². The first-order chi connectivity index (χ1) is 12.9. The molecule has 4 atom stereocenters. The van der Waals surface area contributed by atoms with Gasteiger partial charge in [-0.1, -0.05) is 60.7 Å². The van der Waals surface area contributed by atoms with Crippen LogP contribution in [-0.4, -0.2) is 37.4 Å². The van der Waals surface area contributed by atoms with Gasteiger partial charge < -0.3 is 20.1 Å². The largest absolute Gasteiger partial charge is 0.372 e. The molecule has 2 heterocycles. The molecule has 2 N–H and O–H groups in total. The molecule has 0 aromatic heterocycles. The molecule has 4 nitrogen and oxygen atoms in total. The van der Waals surface area contributed by atoms with Crippen molar-refractivity contribution in [3.8, 4) is 0 Å². The second-order valence-electron chi connectivity index (χ2n) is 7.21. The lowest BCUT2D eigenvalue weighted by Gasteiger charge is -2.30. The maximum absolute atomic E-state index is 6.27. The third kappa shape index (κ3) is 4.33. The van der Waals surface area contributed by atoms with Crippen LogP contribution >= 0.6 is 0 Å². The molecule has 4 rings (SSSR count). The average Bonchev–Trinajstić information content (AvgIpc) is 3.35. The Morgan fingerprint density at radius 3 is 1.50 bits per heavy atom. The summed E-state index contributed by atoms with van der Waals surface area (Å²) in [6, 6.07) is 21.4. The quantitative estimate of drug-likeness (QED) is 0.804. The molecule has 2 aliphatic heterocycles. The second-order valence-corrected chi connectivity index (χ2v) is 7.21. The first kappa shape index (κ1) is 17.7. The zero-order chi connectivity index (χ0) is 17.6. The van der Waals surface area contributed by atoms with Gasteiger partial charge in [-0.05, 0) is 37.1 Å². The minimum atomic E-state index is 0.230. The van der Waals surface area contributed by atoms with Crippen molar-refractivity contribution >= 4 is 0 Å². The standard InChI is InChI=1S/C22H28N2O2/c1-3-7-17(8-4-1)15-25-19-11-13-23-21(19)22-20(12-14-24-22)26-16-18-9-5-2-6-10-18/h1-10,19-24H,11-16H2/t19-,20-,21-,22-/m1/s1. The third-order valence-corrected chi connectivity index (χ3v) is 5.42. The maximum Gasteiger partial charge on any atom is 0.0760 e. The van der Waals surface area contributed by atoms with Crippen LogP contribution in [0.15, 0.2) is 60.7 Å². The van der Waals surface area contributed by atoms with Crippen molar-refractivity contribution in [2.24, 2.45) is 0 Å². The minimum Gasteiger partial charge on any atom is -0.372 e. The van der Waals surface area contributed by atoms with Crippen LogP contribution in [0, 0.1) is 0 Å². The Hall–Kier alpha value is -1.72. The van der Waals surface area contributed by atoms with Crippen LogP contribution in [0.3, 0.4) is 0 Å². The van der Waals surface area contributed by atoms with Gasteiger partial charge in [0, 0.05) is 0 Å². The number of hydrogen-bond donors (Lipinski definition) is 2. The lowest BCUT2D eigenvalue weighted by molar-refractivity contribution is -0.0115. The van der Waals surface area contributed by atoms with Crippen LogP contribution in [0.2, 0.25) is 0 Å². The van der Waals surface area contributed by atoms with E-state index >= 15 is 0 Å². The first-order valence-corrected chi connectivity index (χ1v) is 9.68. The van der Waals surface area contributed by atoms with Gasteiger partial charge in [0.2, 0.25) is 0 Å². The van der Waals surface area contributed by atoms with Gasteiger partial charge in [0.15, 0.2) is 0 Å². The van der Waals surface area contributed by atoms with Crippen molar-refractivity contribution in [3.05, 3.63) is 71.8 Å². The molecule has 4 heteroatoms. The smallest absolute Gasteiger partial charge is 0.0760 e. The summed E-state index contributed by atoms with van der Waals surface area (Å²) in [5.74, 6) is 0. The number of benzene rings is 2. The number of ether oxygens (including phenoxy) is 2. The van der Waals surface area contributed by atoms with E-state index in [2.05, 4.69) is 59.2 Å². The Morgan fingerprint density at radius 2 is 1.08 bits per heavy atom. The highest BCUT2D eigenvalue weighted by Gasteiger charge is 2.41. The van der Waals surface area contributed by atoms with Gasteiger partial charge >= 0.3 is 0 Å². The molecule has 138 valence electrons. The van der Waals surface area contributed by atoms with Gasteiger partial charge in [-0.3, -0.25) is 0 Å². The summed E-state index contributed by atoms with van der Waals surface area (Å²) in [6.45, 7) is 3.36. The predicted octanol–water partition coefficient (Wildman–Crippen LogP) is 2.88. The molecule has 2 saturated heterocycles. The Morgan fingerprint density at radius 1 is 0.654 bits per heavy atom. The van der Waals surface area contributed by atoms with E-state index in [1.54, 1.807) is 0 Å². The normalized spacial score (nSPS) is 28.5. The number of hydrogen-bond acceptors (Lipinski definition) is 4. The van der Waals surface area contributed by atoms with Crippen molar-refractivity contribution in [1.82, 2.24) is 10.6 Å². The highest BCUT2D eigenvalue weighted by molar-refractivity contribution is 5.14. The fourth-order valence-electron chi connectivity index (χ4n) is 4.05. The van der Waals surface area contributed by atoms with Gasteiger partial charge in [-0.15, -0.1) is 0 Å². The minimum absolute atomic E-state index is 0.230. The summed E-state index contributed by atoms with van der Waals surface area (Å²) < 4.78 is 12.5. The van der Waals surface area contributed by atoms with Crippen molar-refractivity contribution in [1.29, 1.82) is 0 Å². The predicted molar refractivity (Wildman–Crippen MR) is 103 cm³/mol. The van der Waals surface area contributed by atoms with Crippen molar-refractivity contribution in [2.75, 3.05) is 13.1 Å². The Labute approximate surface area is 155 Å². The van der Waals surface area contributed by atoms with Crippen molar-refractivity contribution in [2.45, 2.75) is 50.3 Å². The molecule has 0 saturated carbocycles. The SMILES string of the molecule is c1ccc(CO[C@@H]2CCN[C@H]2[C@@H]2NCC[C@H]2OCc2ccccc2)cc1. The summed E-state index contributed by atoms with van der Waals surface area (Å²) in [5.41, 5.74) is 2.46. The lowest BCUT2D eigenvalue weighted by atomic mass is 9.99. The summed E-state index contributed by atoms with van der Waals surface area (Å²) in [7, 11) is 0. The van der Waals surface area contributed by atoms with Gasteiger partial charge in [0.1, 0.15) is 0 Å². The summed E-state index contributed by atoms with van der Waals surface area (Å²) in [6.07, 6.45) is 2.57. The first-order valence-electron chi connectivity index (χ1n) is 9.68. The molecular weight excluding hydrogens is 324 g/mol. The molecule has 0 bridgehead atoms. The Balaban J connectivity index is 1.33. The van der Waals surface area contributed by atoms with Gasteiger partial charge in [-0.2, -0.15) is 0 Å². The highest BCUT2D eigenvalue weighted by Crippen LogP contribution is 2.24. The van der Waals surface area contributed by atoms with Crippen molar-refractivity contribution < 1.29 is 9.47 Å². The van der Waals surface area contributed by atoms with E-state index in [0.717, 1.165) is 25.9 Å². The van der Waals surface area contributed by atoms with E-state index in [1.807, 2.05) is 12.1 Å². The molecule has 2 fully saturated rings. The summed E-state index contributed by atoms with van der Waals surface area (Å²) >= 11 is 0. The molecule has 2 aliphatic rings. The summed E-state index contributed by atoms with van der Waals surface area (Å²) in [4.78, 5) is 0. The van der Waals surface area contributed by atoms with Gasteiger partial charge in [0.05, 0.1) is 37.5 Å². The zero-order valence-electron chi connectivity index (χ0n) is 15.1. The zero-order valence-corrected chi connectivity index (χ0v) is 15.1. The number of rotatable bonds is 7. The van der Waals surface area contributed by atoms with Crippen LogP contribution in [0.5, 0.6) is 0 Å². The monoisotopic (exact) mass is 352 g/mol. The molecule has 0 unspecified atom stereocenters. The second kappa shape index (κ2) is 8.78. The number of nitrogens with one attached hydrogen (secondary N) is 2. The highest BCUT2D eigenvalue weighted by atomic mass is 16.5. The molecule has 0 aliphatic carbocycles. The van der Waals surface area contributed by atoms with E-state index in [4.69, 9.17) is 9.47 Å². The van der Waals surface area contributed by atoms with Crippen LogP contribution < -0.4 is 10.6 Å². The lowest BCUT2D eigenvalue weighted by Crippen LogP contribution is -2.52. The molecule has 0 amide bonds. The van der Waals surface area contributed by atoms with E-state index in [-0.39, 0.29) is 12.2 Å². The molecular formula is C22H28N2O2. The van der Waals surface area contributed by atoms with E-state index < -0.39 is 0 Å². The van der Waals surface area contributed by atoms with Gasteiger partial charge in [0.25, 0.3) is 0 Å². The van der Waals surface area contributed by atoms with E-state index in [0.29, 0.717) is 25.3 Å². The van der Waals surface area contributed by atoms with Crippen molar-refractivity contribution in [3.63, 3.8) is 0 Å².